The molecule has 2 aromatic rings. The fourth-order valence-electron chi connectivity index (χ4n) is 5.29. The van der Waals surface area contributed by atoms with Crippen molar-refractivity contribution in [2.24, 2.45) is 0 Å². The molecule has 1 unspecified atom stereocenters. The summed E-state index contributed by atoms with van der Waals surface area (Å²) in [5.74, 6) is 0. The van der Waals surface area contributed by atoms with E-state index >= 15 is 0 Å². The van der Waals surface area contributed by atoms with Crippen LogP contribution in [0.15, 0.2) is 42.5 Å². The Morgan fingerprint density at radius 3 is 2.50 bits per heavy atom. The molecule has 1 saturated heterocycles. The summed E-state index contributed by atoms with van der Waals surface area (Å²) in [4.78, 5) is 2.82. The lowest BCUT2D eigenvalue weighted by atomic mass is 9.73. The SMILES string of the molecule is c1ccc2c(c1)-c1cccc3c1C2(N1CCCCC1)CCC3. The molecule has 1 atom stereocenters. The van der Waals surface area contributed by atoms with E-state index in [1.807, 2.05) is 0 Å². The van der Waals surface area contributed by atoms with Crippen LogP contribution in [-0.2, 0) is 12.0 Å². The fraction of sp³-hybridized carbons (Fsp3) is 0.429. The first kappa shape index (κ1) is 12.9. The highest BCUT2D eigenvalue weighted by Gasteiger charge is 2.49. The standard InChI is InChI=1S/C21H23N/c1-4-14-22(15-5-1)21-13-7-9-16-8-6-11-18(20(16)21)17-10-2-3-12-19(17)21/h2-3,6,8,10-12H,1,4-5,7,9,13-15H2. The van der Waals surface area contributed by atoms with Crippen LogP contribution in [0.4, 0.5) is 0 Å². The van der Waals surface area contributed by atoms with Crippen molar-refractivity contribution in [3.05, 3.63) is 59.2 Å². The number of nitrogens with zero attached hydrogens (tertiary/aromatic N) is 1. The third-order valence-electron chi connectivity index (χ3n) is 6.11. The summed E-state index contributed by atoms with van der Waals surface area (Å²) in [5.41, 5.74) is 8.03. The normalized spacial score (nSPS) is 26.5. The smallest absolute Gasteiger partial charge is 0.0730 e. The van der Waals surface area contributed by atoms with Crippen LogP contribution < -0.4 is 0 Å². The number of aryl methyl sites for hydroxylation is 1. The molecule has 0 amide bonds. The molecule has 1 heterocycles. The van der Waals surface area contributed by atoms with Gasteiger partial charge in [-0.1, -0.05) is 48.9 Å². The van der Waals surface area contributed by atoms with Crippen LogP contribution >= 0.6 is 0 Å². The van der Waals surface area contributed by atoms with Gasteiger partial charge in [0.05, 0.1) is 5.54 Å². The highest BCUT2D eigenvalue weighted by molar-refractivity contribution is 5.82. The van der Waals surface area contributed by atoms with E-state index in [1.54, 1.807) is 16.7 Å². The van der Waals surface area contributed by atoms with Crippen molar-refractivity contribution in [1.82, 2.24) is 4.90 Å². The lowest BCUT2D eigenvalue weighted by molar-refractivity contribution is 0.0848. The quantitative estimate of drug-likeness (QED) is 0.733. The Labute approximate surface area is 133 Å². The third kappa shape index (κ3) is 1.53. The highest BCUT2D eigenvalue weighted by Crippen LogP contribution is 2.56. The number of rotatable bonds is 1. The first-order valence-electron chi connectivity index (χ1n) is 8.88. The summed E-state index contributed by atoms with van der Waals surface area (Å²) in [6.45, 7) is 2.53. The molecule has 2 aliphatic carbocycles. The van der Waals surface area contributed by atoms with E-state index in [0.29, 0.717) is 0 Å². The van der Waals surface area contributed by atoms with Crippen molar-refractivity contribution in [3.8, 4) is 11.1 Å². The lowest BCUT2D eigenvalue weighted by Crippen LogP contribution is -2.50. The van der Waals surface area contributed by atoms with Crippen molar-refractivity contribution in [3.63, 3.8) is 0 Å². The molecule has 0 bridgehead atoms. The zero-order valence-electron chi connectivity index (χ0n) is 13.1. The molecular weight excluding hydrogens is 266 g/mol. The average Bonchev–Trinajstić information content (AvgIpc) is 2.90. The van der Waals surface area contributed by atoms with Crippen molar-refractivity contribution in [1.29, 1.82) is 0 Å². The van der Waals surface area contributed by atoms with E-state index in [0.717, 1.165) is 0 Å². The number of hydrogen-bond acceptors (Lipinski definition) is 1. The van der Waals surface area contributed by atoms with Crippen molar-refractivity contribution in [2.75, 3.05) is 13.1 Å². The van der Waals surface area contributed by atoms with E-state index in [2.05, 4.69) is 47.4 Å². The number of hydrogen-bond donors (Lipinski definition) is 0. The van der Waals surface area contributed by atoms with Gasteiger partial charge in [-0.2, -0.15) is 0 Å². The van der Waals surface area contributed by atoms with Crippen LogP contribution in [-0.4, -0.2) is 18.0 Å². The Morgan fingerprint density at radius 2 is 1.59 bits per heavy atom. The van der Waals surface area contributed by atoms with Gasteiger partial charge in [-0.05, 0) is 73.0 Å². The Bertz CT molecular complexity index is 726. The number of fused-ring (bicyclic) bond motifs is 3. The molecule has 1 heteroatoms. The minimum absolute atomic E-state index is 0.182. The van der Waals surface area contributed by atoms with Crippen LogP contribution in [0, 0.1) is 0 Å². The van der Waals surface area contributed by atoms with Crippen LogP contribution in [0.25, 0.3) is 11.1 Å². The van der Waals surface area contributed by atoms with Crippen molar-refractivity contribution >= 4 is 0 Å². The summed E-state index contributed by atoms with van der Waals surface area (Å²) >= 11 is 0. The molecule has 2 aromatic carbocycles. The first-order chi connectivity index (χ1) is 10.9. The van der Waals surface area contributed by atoms with E-state index in [4.69, 9.17) is 0 Å². The lowest BCUT2D eigenvalue weighted by Gasteiger charge is -2.47. The molecule has 0 N–H and O–H groups in total. The minimum Gasteiger partial charge on any atom is -0.290 e. The zero-order chi connectivity index (χ0) is 14.6. The molecule has 1 fully saturated rings. The molecule has 0 radical (unpaired) electrons. The number of benzene rings is 2. The Hall–Kier alpha value is -1.60. The van der Waals surface area contributed by atoms with Crippen LogP contribution in [0.2, 0.25) is 0 Å². The molecule has 3 aliphatic rings. The maximum atomic E-state index is 2.82. The number of piperidine rings is 1. The summed E-state index contributed by atoms with van der Waals surface area (Å²) in [5, 5.41) is 0. The van der Waals surface area contributed by atoms with Gasteiger partial charge in [-0.25, -0.2) is 0 Å². The molecule has 0 aromatic heterocycles. The Kier molecular flexibility index (Phi) is 2.75. The highest BCUT2D eigenvalue weighted by atomic mass is 15.2. The summed E-state index contributed by atoms with van der Waals surface area (Å²) in [6, 6.07) is 16.2. The summed E-state index contributed by atoms with van der Waals surface area (Å²) in [6.07, 6.45) is 8.01. The summed E-state index contributed by atoms with van der Waals surface area (Å²) in [7, 11) is 0. The van der Waals surface area contributed by atoms with Crippen molar-refractivity contribution < 1.29 is 0 Å². The zero-order valence-corrected chi connectivity index (χ0v) is 13.1. The monoisotopic (exact) mass is 289 g/mol. The minimum atomic E-state index is 0.182. The van der Waals surface area contributed by atoms with Gasteiger partial charge in [0.15, 0.2) is 0 Å². The molecule has 5 rings (SSSR count). The van der Waals surface area contributed by atoms with Crippen molar-refractivity contribution in [2.45, 2.75) is 44.1 Å². The van der Waals surface area contributed by atoms with E-state index in [9.17, 15) is 0 Å². The molecule has 0 spiro atoms. The van der Waals surface area contributed by atoms with E-state index in [-0.39, 0.29) is 5.54 Å². The predicted octanol–water partition coefficient (Wildman–Crippen LogP) is 4.73. The molecule has 112 valence electrons. The third-order valence-corrected chi connectivity index (χ3v) is 6.11. The average molecular weight is 289 g/mol. The van der Waals surface area contributed by atoms with Gasteiger partial charge in [0.2, 0.25) is 0 Å². The Balaban J connectivity index is 1.82. The summed E-state index contributed by atoms with van der Waals surface area (Å²) < 4.78 is 0. The molecular formula is C21H23N. The maximum Gasteiger partial charge on any atom is 0.0730 e. The van der Waals surface area contributed by atoms with Crippen LogP contribution in [0.1, 0.15) is 48.8 Å². The topological polar surface area (TPSA) is 3.24 Å². The van der Waals surface area contributed by atoms with Gasteiger partial charge in [0, 0.05) is 0 Å². The molecule has 0 saturated carbocycles. The largest absolute Gasteiger partial charge is 0.290 e. The Morgan fingerprint density at radius 1 is 0.773 bits per heavy atom. The number of likely N-dealkylation sites (tertiary alicyclic amines) is 1. The van der Waals surface area contributed by atoms with Crippen LogP contribution in [0.5, 0.6) is 0 Å². The second kappa shape index (κ2) is 4.70. The van der Waals surface area contributed by atoms with Gasteiger partial charge in [0.25, 0.3) is 0 Å². The van der Waals surface area contributed by atoms with E-state index in [1.165, 1.54) is 62.7 Å². The molecule has 1 nitrogen and oxygen atoms in total. The van der Waals surface area contributed by atoms with Gasteiger partial charge in [-0.15, -0.1) is 0 Å². The van der Waals surface area contributed by atoms with E-state index < -0.39 is 0 Å². The predicted molar refractivity (Wildman–Crippen MR) is 91.0 cm³/mol. The maximum absolute atomic E-state index is 2.82. The van der Waals surface area contributed by atoms with Gasteiger partial charge < -0.3 is 0 Å². The van der Waals surface area contributed by atoms with Gasteiger partial charge in [-0.3, -0.25) is 4.90 Å². The molecule has 22 heavy (non-hydrogen) atoms. The van der Waals surface area contributed by atoms with Crippen LogP contribution in [0.3, 0.4) is 0 Å². The van der Waals surface area contributed by atoms with Gasteiger partial charge >= 0.3 is 0 Å². The first-order valence-corrected chi connectivity index (χ1v) is 8.88. The second-order valence-electron chi connectivity index (χ2n) is 7.15. The fourth-order valence-corrected chi connectivity index (χ4v) is 5.29. The second-order valence-corrected chi connectivity index (χ2v) is 7.15. The molecule has 1 aliphatic heterocycles. The van der Waals surface area contributed by atoms with Gasteiger partial charge in [0.1, 0.15) is 0 Å².